The lowest BCUT2D eigenvalue weighted by molar-refractivity contribution is -0.672. The molecule has 1 N–H and O–H groups in total. The maximum Gasteiger partial charge on any atom is 0.172 e. The van der Waals surface area contributed by atoms with Gasteiger partial charge >= 0.3 is 0 Å². The third kappa shape index (κ3) is 2.00. The van der Waals surface area contributed by atoms with Crippen molar-refractivity contribution in [3.05, 3.63) is 52.8 Å². The summed E-state index contributed by atoms with van der Waals surface area (Å²) >= 11 is 0. The molecule has 0 spiro atoms. The number of hydrogen-bond acceptors (Lipinski definition) is 2. The summed E-state index contributed by atoms with van der Waals surface area (Å²) in [7, 11) is 3.68. The quantitative estimate of drug-likeness (QED) is 0.821. The minimum atomic E-state index is 0.239. The summed E-state index contributed by atoms with van der Waals surface area (Å²) in [6, 6.07) is 6.05. The number of methoxy groups -OCH3 is 1. The second-order valence-electron chi connectivity index (χ2n) is 6.31. The largest absolute Gasteiger partial charge is 0.504 e. The molecule has 112 valence electrons. The second-order valence-corrected chi connectivity index (χ2v) is 6.31. The van der Waals surface area contributed by atoms with Crippen LogP contribution in [-0.2, 0) is 19.9 Å². The van der Waals surface area contributed by atoms with Gasteiger partial charge in [0, 0.05) is 11.6 Å². The third-order valence-corrected chi connectivity index (χ3v) is 4.91. The van der Waals surface area contributed by atoms with Crippen molar-refractivity contribution >= 4 is 11.6 Å². The molecule has 0 amide bonds. The number of fused-ring (bicyclic) bond motifs is 4. The van der Waals surface area contributed by atoms with Gasteiger partial charge in [-0.15, -0.1) is 0 Å². The molecule has 0 bridgehead atoms. The van der Waals surface area contributed by atoms with Gasteiger partial charge in [0.15, 0.2) is 23.9 Å². The topological polar surface area (TPSA) is 33.3 Å². The van der Waals surface area contributed by atoms with Crippen LogP contribution in [0, 0.1) is 5.92 Å². The van der Waals surface area contributed by atoms with Crippen molar-refractivity contribution in [2.75, 3.05) is 7.11 Å². The molecule has 2 aliphatic carbocycles. The molecule has 0 aliphatic heterocycles. The maximum absolute atomic E-state index is 10.0. The minimum Gasteiger partial charge on any atom is -0.504 e. The fourth-order valence-electron chi connectivity index (χ4n) is 3.78. The predicted molar refractivity (Wildman–Crippen MR) is 85.7 cm³/mol. The van der Waals surface area contributed by atoms with Gasteiger partial charge in [0.2, 0.25) is 0 Å². The second kappa shape index (κ2) is 4.87. The lowest BCUT2D eigenvalue weighted by Gasteiger charge is -2.31. The van der Waals surface area contributed by atoms with E-state index >= 15 is 0 Å². The monoisotopic (exact) mass is 294 g/mol. The van der Waals surface area contributed by atoms with Gasteiger partial charge < -0.3 is 9.84 Å². The zero-order chi connectivity index (χ0) is 15.3. The number of aryl methyl sites for hydroxylation is 2. The predicted octanol–water partition coefficient (Wildman–Crippen LogP) is 2.88. The summed E-state index contributed by atoms with van der Waals surface area (Å²) in [5.74, 6) is 1.37. The molecule has 1 atom stereocenters. The first kappa shape index (κ1) is 13.4. The summed E-state index contributed by atoms with van der Waals surface area (Å²) in [4.78, 5) is 0. The van der Waals surface area contributed by atoms with Crippen LogP contribution < -0.4 is 9.30 Å². The van der Waals surface area contributed by atoms with E-state index in [9.17, 15) is 5.11 Å². The van der Waals surface area contributed by atoms with Gasteiger partial charge in [-0.2, -0.15) is 0 Å². The number of pyridine rings is 1. The smallest absolute Gasteiger partial charge is 0.172 e. The van der Waals surface area contributed by atoms with Crippen LogP contribution in [0.25, 0.3) is 11.6 Å². The molecule has 2 aromatic rings. The van der Waals surface area contributed by atoms with Crippen LogP contribution in [-0.4, -0.2) is 12.2 Å². The zero-order valence-corrected chi connectivity index (χ0v) is 13.0. The van der Waals surface area contributed by atoms with Crippen LogP contribution >= 0.6 is 0 Å². The molecule has 1 aromatic heterocycles. The Morgan fingerprint density at radius 3 is 2.95 bits per heavy atom. The van der Waals surface area contributed by atoms with Crippen LogP contribution in [0.4, 0.5) is 0 Å². The highest BCUT2D eigenvalue weighted by atomic mass is 16.5. The van der Waals surface area contributed by atoms with Crippen molar-refractivity contribution in [1.82, 2.24) is 0 Å². The van der Waals surface area contributed by atoms with Crippen molar-refractivity contribution < 1.29 is 14.4 Å². The number of benzene rings is 1. The van der Waals surface area contributed by atoms with Crippen LogP contribution in [0.15, 0.2) is 30.6 Å². The number of allylic oxidation sites excluding steroid dienone is 1. The fourth-order valence-corrected chi connectivity index (χ4v) is 3.78. The van der Waals surface area contributed by atoms with E-state index in [0.29, 0.717) is 11.7 Å². The lowest BCUT2D eigenvalue weighted by atomic mass is 9.73. The molecule has 0 radical (unpaired) electrons. The number of hydrogen-bond donors (Lipinski definition) is 1. The van der Waals surface area contributed by atoms with E-state index < -0.39 is 0 Å². The Labute approximate surface area is 130 Å². The first-order valence-electron chi connectivity index (χ1n) is 7.75. The molecule has 2 aliphatic rings. The molecule has 0 saturated heterocycles. The van der Waals surface area contributed by atoms with Gasteiger partial charge in [0.1, 0.15) is 7.05 Å². The summed E-state index contributed by atoms with van der Waals surface area (Å²) < 4.78 is 7.42. The third-order valence-electron chi connectivity index (χ3n) is 4.91. The van der Waals surface area contributed by atoms with E-state index in [1.807, 2.05) is 12.1 Å². The van der Waals surface area contributed by atoms with Crippen LogP contribution in [0.3, 0.4) is 0 Å². The Hall–Kier alpha value is -2.29. The number of phenols is 1. The number of aromatic nitrogens is 1. The molecule has 0 fully saturated rings. The lowest BCUT2D eigenvalue weighted by Crippen LogP contribution is -2.29. The van der Waals surface area contributed by atoms with Gasteiger partial charge in [-0.3, -0.25) is 0 Å². The Balaban J connectivity index is 1.88. The molecular formula is C19H20NO2+. The summed E-state index contributed by atoms with van der Waals surface area (Å²) in [6.45, 7) is 0. The maximum atomic E-state index is 10.0. The van der Waals surface area contributed by atoms with Gasteiger partial charge in [-0.1, -0.05) is 6.08 Å². The molecular weight excluding hydrogens is 274 g/mol. The first-order chi connectivity index (χ1) is 10.7. The highest BCUT2D eigenvalue weighted by Crippen LogP contribution is 2.45. The highest BCUT2D eigenvalue weighted by molar-refractivity contribution is 5.88. The molecule has 3 nitrogen and oxygen atoms in total. The Bertz CT molecular complexity index is 792. The van der Waals surface area contributed by atoms with E-state index in [4.69, 9.17) is 4.74 Å². The van der Waals surface area contributed by atoms with Gasteiger partial charge in [-0.25, -0.2) is 4.57 Å². The standard InChI is InChI=1S/C19H19NO2/c1-20-6-5-12-8-16-13(7-15(12)11-20)3-4-14-9-18(21)19(22-2)10-17(14)16/h5-6,8-11,13H,3-4,7H2,1-2H3/p+1. The number of phenolic OH excluding ortho intramolecular Hbond substituents is 1. The highest BCUT2D eigenvalue weighted by Gasteiger charge is 2.29. The average molecular weight is 294 g/mol. The van der Waals surface area contributed by atoms with Crippen molar-refractivity contribution in [1.29, 1.82) is 0 Å². The molecule has 1 aromatic carbocycles. The Kier molecular flexibility index (Phi) is 2.96. The van der Waals surface area contributed by atoms with Gasteiger partial charge in [0.05, 0.1) is 7.11 Å². The average Bonchev–Trinajstić information content (AvgIpc) is 2.52. The SMILES string of the molecule is COc1cc2c(cc1O)CCC1Cc3c[n+](C)ccc3C=C21. The van der Waals surface area contributed by atoms with Crippen LogP contribution in [0.2, 0.25) is 0 Å². The summed E-state index contributed by atoms with van der Waals surface area (Å²) in [5.41, 5.74) is 6.59. The number of nitrogens with zero attached hydrogens (tertiary/aromatic N) is 1. The Morgan fingerprint density at radius 2 is 2.14 bits per heavy atom. The molecule has 3 heteroatoms. The van der Waals surface area contributed by atoms with E-state index in [1.165, 1.54) is 27.8 Å². The van der Waals surface area contributed by atoms with E-state index in [1.54, 1.807) is 7.11 Å². The van der Waals surface area contributed by atoms with Crippen molar-refractivity contribution in [2.24, 2.45) is 13.0 Å². The summed E-state index contributed by atoms with van der Waals surface area (Å²) in [5, 5.41) is 10.0. The van der Waals surface area contributed by atoms with Crippen LogP contribution in [0.1, 0.15) is 28.7 Å². The van der Waals surface area contributed by atoms with Crippen molar-refractivity contribution in [2.45, 2.75) is 19.3 Å². The zero-order valence-electron chi connectivity index (χ0n) is 13.0. The van der Waals surface area contributed by atoms with Crippen LogP contribution in [0.5, 0.6) is 11.5 Å². The molecule has 1 heterocycles. The van der Waals surface area contributed by atoms with E-state index in [2.05, 4.69) is 36.2 Å². The van der Waals surface area contributed by atoms with Crippen molar-refractivity contribution in [3.8, 4) is 11.5 Å². The fraction of sp³-hybridized carbons (Fsp3) is 0.316. The van der Waals surface area contributed by atoms with Crippen molar-refractivity contribution in [3.63, 3.8) is 0 Å². The Morgan fingerprint density at radius 1 is 1.27 bits per heavy atom. The summed E-state index contributed by atoms with van der Waals surface area (Å²) in [6.07, 6.45) is 9.90. The number of rotatable bonds is 1. The first-order valence-corrected chi connectivity index (χ1v) is 7.75. The normalized spacial score (nSPS) is 18.8. The van der Waals surface area contributed by atoms with Gasteiger partial charge in [0.25, 0.3) is 0 Å². The minimum absolute atomic E-state index is 0.239. The molecule has 22 heavy (non-hydrogen) atoms. The van der Waals surface area contributed by atoms with E-state index in [-0.39, 0.29) is 5.75 Å². The molecule has 0 saturated carbocycles. The number of ether oxygens (including phenoxy) is 1. The number of aromatic hydroxyl groups is 1. The van der Waals surface area contributed by atoms with E-state index in [0.717, 1.165) is 19.3 Å². The molecule has 4 rings (SSSR count). The van der Waals surface area contributed by atoms with Gasteiger partial charge in [-0.05, 0) is 59.6 Å². The molecule has 1 unspecified atom stereocenters.